The summed E-state index contributed by atoms with van der Waals surface area (Å²) in [5.74, 6) is 0. The summed E-state index contributed by atoms with van der Waals surface area (Å²) in [6.07, 6.45) is 0. The molecule has 5 heteroatoms. The summed E-state index contributed by atoms with van der Waals surface area (Å²) in [6, 6.07) is 20.7. The Hall–Kier alpha value is -1.99. The van der Waals surface area contributed by atoms with Crippen molar-refractivity contribution in [2.45, 2.75) is 9.92 Å². The molecule has 2 aromatic carbocycles. The van der Waals surface area contributed by atoms with Gasteiger partial charge >= 0.3 is 0 Å². The van der Waals surface area contributed by atoms with E-state index in [0.29, 0.717) is 20.6 Å². The quantitative estimate of drug-likeness (QED) is 0.570. The molecule has 3 rings (SSSR count). The van der Waals surface area contributed by atoms with E-state index < -0.39 is 0 Å². The fourth-order valence-electron chi connectivity index (χ4n) is 2.00. The molecule has 112 valence electrons. The zero-order valence-electron chi connectivity index (χ0n) is 11.8. The van der Waals surface area contributed by atoms with Gasteiger partial charge in [-0.3, -0.25) is 0 Å². The molecule has 0 bridgehead atoms. The van der Waals surface area contributed by atoms with E-state index in [1.54, 1.807) is 6.07 Å². The van der Waals surface area contributed by atoms with Gasteiger partial charge in [0.15, 0.2) is 0 Å². The van der Waals surface area contributed by atoms with Gasteiger partial charge in [0.25, 0.3) is 0 Å². The van der Waals surface area contributed by atoms with Crippen molar-refractivity contribution in [1.82, 2.24) is 4.98 Å². The van der Waals surface area contributed by atoms with Crippen LogP contribution in [0.5, 0.6) is 0 Å². The molecular weight excluding hydrogens is 347 g/mol. The molecule has 23 heavy (non-hydrogen) atoms. The summed E-state index contributed by atoms with van der Waals surface area (Å²) in [7, 11) is 0. The summed E-state index contributed by atoms with van der Waals surface area (Å²) >= 11 is 13.3. The SMILES string of the molecule is N#Cc1ccc(-c2ccc(Cl)cc2)nc1Sc1ccc(Cl)cc1. The fraction of sp³-hybridized carbons (Fsp3) is 0. The second-order valence-corrected chi connectivity index (χ2v) is 6.66. The summed E-state index contributed by atoms with van der Waals surface area (Å²) in [5.41, 5.74) is 2.30. The summed E-state index contributed by atoms with van der Waals surface area (Å²) in [4.78, 5) is 5.60. The van der Waals surface area contributed by atoms with E-state index in [9.17, 15) is 5.26 Å². The highest BCUT2D eigenvalue weighted by Gasteiger charge is 2.09. The number of nitriles is 1. The third-order valence-electron chi connectivity index (χ3n) is 3.15. The molecule has 3 aromatic rings. The van der Waals surface area contributed by atoms with Crippen LogP contribution in [-0.2, 0) is 0 Å². The van der Waals surface area contributed by atoms with Gasteiger partial charge in [0.05, 0.1) is 11.3 Å². The molecule has 0 N–H and O–H groups in total. The topological polar surface area (TPSA) is 36.7 Å². The fourth-order valence-corrected chi connectivity index (χ4v) is 3.11. The van der Waals surface area contributed by atoms with E-state index in [1.807, 2.05) is 54.6 Å². The highest BCUT2D eigenvalue weighted by Crippen LogP contribution is 2.31. The van der Waals surface area contributed by atoms with Crippen LogP contribution in [0.3, 0.4) is 0 Å². The van der Waals surface area contributed by atoms with Crippen molar-refractivity contribution >= 4 is 35.0 Å². The van der Waals surface area contributed by atoms with E-state index in [4.69, 9.17) is 23.2 Å². The van der Waals surface area contributed by atoms with Crippen molar-refractivity contribution in [2.75, 3.05) is 0 Å². The van der Waals surface area contributed by atoms with Gasteiger partial charge in [-0.25, -0.2) is 4.98 Å². The van der Waals surface area contributed by atoms with Gasteiger partial charge in [0.1, 0.15) is 11.1 Å². The lowest BCUT2D eigenvalue weighted by atomic mass is 10.1. The Morgan fingerprint density at radius 2 is 1.43 bits per heavy atom. The van der Waals surface area contributed by atoms with Crippen molar-refractivity contribution < 1.29 is 0 Å². The first-order chi connectivity index (χ1) is 11.2. The number of nitrogens with zero attached hydrogens (tertiary/aromatic N) is 2. The summed E-state index contributed by atoms with van der Waals surface area (Å²) < 4.78 is 0. The maximum absolute atomic E-state index is 9.30. The third-order valence-corrected chi connectivity index (χ3v) is 4.67. The average Bonchev–Trinajstić information content (AvgIpc) is 2.57. The Morgan fingerprint density at radius 3 is 2.04 bits per heavy atom. The van der Waals surface area contributed by atoms with Crippen molar-refractivity contribution in [3.05, 3.63) is 76.3 Å². The second-order valence-electron chi connectivity index (χ2n) is 4.72. The molecule has 0 aliphatic heterocycles. The van der Waals surface area contributed by atoms with Crippen molar-refractivity contribution in [3.63, 3.8) is 0 Å². The lowest BCUT2D eigenvalue weighted by Gasteiger charge is -2.07. The predicted octanol–water partition coefficient (Wildman–Crippen LogP) is 6.08. The standard InChI is InChI=1S/C18H10Cl2N2S/c19-14-4-1-12(2-5-14)17-10-3-13(11-21)18(22-17)23-16-8-6-15(20)7-9-16/h1-10H. The molecule has 2 nitrogen and oxygen atoms in total. The third kappa shape index (κ3) is 3.86. The number of hydrogen-bond donors (Lipinski definition) is 0. The zero-order chi connectivity index (χ0) is 16.2. The molecule has 0 saturated heterocycles. The van der Waals surface area contributed by atoms with Crippen LogP contribution in [0.1, 0.15) is 5.56 Å². The van der Waals surface area contributed by atoms with Crippen LogP contribution in [0.2, 0.25) is 10.0 Å². The number of benzene rings is 2. The molecule has 0 spiro atoms. The minimum atomic E-state index is 0.544. The van der Waals surface area contributed by atoms with Crippen molar-refractivity contribution in [1.29, 1.82) is 5.26 Å². The maximum Gasteiger partial charge on any atom is 0.119 e. The monoisotopic (exact) mass is 356 g/mol. The van der Waals surface area contributed by atoms with Crippen LogP contribution in [0.25, 0.3) is 11.3 Å². The van der Waals surface area contributed by atoms with Gasteiger partial charge in [-0.15, -0.1) is 0 Å². The summed E-state index contributed by atoms with van der Waals surface area (Å²) in [6.45, 7) is 0. The van der Waals surface area contributed by atoms with Gasteiger partial charge in [-0.1, -0.05) is 47.1 Å². The Kier molecular flexibility index (Phi) is 4.88. The Bertz CT molecular complexity index is 869. The Balaban J connectivity index is 1.98. The highest BCUT2D eigenvalue weighted by molar-refractivity contribution is 7.99. The minimum Gasteiger partial charge on any atom is -0.240 e. The first kappa shape index (κ1) is 15.9. The molecule has 1 heterocycles. The smallest absolute Gasteiger partial charge is 0.119 e. The van der Waals surface area contributed by atoms with Crippen molar-refractivity contribution in [3.8, 4) is 17.3 Å². The number of halogens is 2. The van der Waals surface area contributed by atoms with E-state index >= 15 is 0 Å². The lowest BCUT2D eigenvalue weighted by Crippen LogP contribution is -1.90. The number of pyridine rings is 1. The highest BCUT2D eigenvalue weighted by atomic mass is 35.5. The number of rotatable bonds is 3. The predicted molar refractivity (Wildman–Crippen MR) is 95.0 cm³/mol. The second kappa shape index (κ2) is 7.06. The molecule has 0 aliphatic rings. The molecule has 0 fully saturated rings. The van der Waals surface area contributed by atoms with Crippen LogP contribution in [0.15, 0.2) is 70.6 Å². The molecule has 0 atom stereocenters. The molecule has 0 saturated carbocycles. The van der Waals surface area contributed by atoms with Crippen LogP contribution in [-0.4, -0.2) is 4.98 Å². The van der Waals surface area contributed by atoms with Gasteiger partial charge in [-0.05, 0) is 48.5 Å². The van der Waals surface area contributed by atoms with Crippen molar-refractivity contribution in [2.24, 2.45) is 0 Å². The molecule has 0 radical (unpaired) electrons. The van der Waals surface area contributed by atoms with E-state index in [0.717, 1.165) is 16.2 Å². The number of hydrogen-bond acceptors (Lipinski definition) is 3. The van der Waals surface area contributed by atoms with Gasteiger partial charge in [0, 0.05) is 20.5 Å². The minimum absolute atomic E-state index is 0.544. The maximum atomic E-state index is 9.30. The Morgan fingerprint density at radius 1 is 0.826 bits per heavy atom. The van der Waals surface area contributed by atoms with Crippen LogP contribution < -0.4 is 0 Å². The first-order valence-electron chi connectivity index (χ1n) is 6.76. The number of aromatic nitrogens is 1. The van der Waals surface area contributed by atoms with Crippen LogP contribution in [0.4, 0.5) is 0 Å². The van der Waals surface area contributed by atoms with E-state index in [2.05, 4.69) is 11.1 Å². The first-order valence-corrected chi connectivity index (χ1v) is 8.33. The van der Waals surface area contributed by atoms with E-state index in [-0.39, 0.29) is 0 Å². The van der Waals surface area contributed by atoms with E-state index in [1.165, 1.54) is 11.8 Å². The van der Waals surface area contributed by atoms with Crippen LogP contribution in [0, 0.1) is 11.3 Å². The van der Waals surface area contributed by atoms with Gasteiger partial charge < -0.3 is 0 Å². The summed E-state index contributed by atoms with van der Waals surface area (Å²) in [5, 5.41) is 11.3. The molecule has 1 aromatic heterocycles. The van der Waals surface area contributed by atoms with Crippen LogP contribution >= 0.6 is 35.0 Å². The lowest BCUT2D eigenvalue weighted by molar-refractivity contribution is 1.11. The molecule has 0 unspecified atom stereocenters. The molecule has 0 amide bonds. The Labute approximate surface area is 148 Å². The largest absolute Gasteiger partial charge is 0.240 e. The average molecular weight is 357 g/mol. The molecular formula is C18H10Cl2N2S. The zero-order valence-corrected chi connectivity index (χ0v) is 14.2. The van der Waals surface area contributed by atoms with Gasteiger partial charge in [-0.2, -0.15) is 5.26 Å². The normalized spacial score (nSPS) is 10.3. The van der Waals surface area contributed by atoms with Gasteiger partial charge in [0.2, 0.25) is 0 Å². The molecule has 0 aliphatic carbocycles.